The van der Waals surface area contributed by atoms with Crippen LogP contribution < -0.4 is 11.1 Å². The predicted octanol–water partition coefficient (Wildman–Crippen LogP) is 2.68. The summed E-state index contributed by atoms with van der Waals surface area (Å²) >= 11 is 0. The number of hydrogen-bond acceptors (Lipinski definition) is 7. The van der Waals surface area contributed by atoms with Crippen LogP contribution in [0.25, 0.3) is 0 Å². The van der Waals surface area contributed by atoms with Gasteiger partial charge in [0.05, 0.1) is 16.8 Å². The van der Waals surface area contributed by atoms with E-state index in [1.165, 1.54) is 24.4 Å². The van der Waals surface area contributed by atoms with Gasteiger partial charge in [0, 0.05) is 11.8 Å². The van der Waals surface area contributed by atoms with Gasteiger partial charge in [-0.1, -0.05) is 0 Å². The molecule has 0 saturated heterocycles. The van der Waals surface area contributed by atoms with E-state index < -0.39 is 17.3 Å². The van der Waals surface area contributed by atoms with E-state index in [0.717, 1.165) is 6.07 Å². The molecule has 0 spiro atoms. The van der Waals surface area contributed by atoms with Crippen LogP contribution in [0.2, 0.25) is 0 Å². The minimum Gasteiger partial charge on any atom is -0.431 e. The molecule has 2 heterocycles. The Morgan fingerprint density at radius 1 is 1.31 bits per heavy atom. The van der Waals surface area contributed by atoms with Crippen LogP contribution >= 0.6 is 0 Å². The molecule has 1 aromatic heterocycles. The highest BCUT2D eigenvalue weighted by atomic mass is 19.1. The summed E-state index contributed by atoms with van der Waals surface area (Å²) in [4.78, 5) is 20.6. The Hall–Kier alpha value is -4.24. The fourth-order valence-corrected chi connectivity index (χ4v) is 2.95. The topological polar surface area (TPSA) is 137 Å². The van der Waals surface area contributed by atoms with Crippen molar-refractivity contribution < 1.29 is 13.9 Å². The highest BCUT2D eigenvalue weighted by Crippen LogP contribution is 2.36. The Morgan fingerprint density at radius 3 is 2.66 bits per heavy atom. The van der Waals surface area contributed by atoms with E-state index in [4.69, 9.17) is 15.7 Å². The van der Waals surface area contributed by atoms with Gasteiger partial charge in [0.15, 0.2) is 0 Å². The largest absolute Gasteiger partial charge is 0.431 e. The fourth-order valence-electron chi connectivity index (χ4n) is 2.95. The van der Waals surface area contributed by atoms with Crippen LogP contribution in [-0.2, 0) is 10.3 Å². The first-order valence-corrected chi connectivity index (χ1v) is 8.40. The average Bonchev–Trinajstić information content (AvgIpc) is 2.67. The molecular formula is C20H15FN6O2. The standard InChI is InChI=1S/C20H15FN6O2/c1-11-7-20(2,27-19(24)29-11)14-6-17(13(9-23)5-15(14)21)26-18(28)16-4-3-12(8-22)10-25-16/h3-7,10H,1-2H3,(H2,24,27)(H,26,28)/t20-/m0/s1. The summed E-state index contributed by atoms with van der Waals surface area (Å²) in [6.07, 6.45) is 2.84. The van der Waals surface area contributed by atoms with Crippen molar-refractivity contribution in [3.8, 4) is 12.1 Å². The highest BCUT2D eigenvalue weighted by Gasteiger charge is 2.32. The maximum atomic E-state index is 14.8. The molecule has 0 radical (unpaired) electrons. The Morgan fingerprint density at radius 2 is 2.07 bits per heavy atom. The van der Waals surface area contributed by atoms with Gasteiger partial charge in [-0.15, -0.1) is 0 Å². The summed E-state index contributed by atoms with van der Waals surface area (Å²) in [6.45, 7) is 3.28. The van der Waals surface area contributed by atoms with Crippen molar-refractivity contribution in [2.24, 2.45) is 10.7 Å². The van der Waals surface area contributed by atoms with E-state index in [-0.39, 0.29) is 28.5 Å². The number of ether oxygens (including phenoxy) is 1. The lowest BCUT2D eigenvalue weighted by molar-refractivity contribution is 0.102. The van der Waals surface area contributed by atoms with E-state index in [1.54, 1.807) is 19.9 Å². The number of carbonyl (C=O) groups excluding carboxylic acids is 1. The molecule has 29 heavy (non-hydrogen) atoms. The number of pyridine rings is 1. The van der Waals surface area contributed by atoms with Gasteiger partial charge in [-0.05, 0) is 44.2 Å². The van der Waals surface area contributed by atoms with E-state index in [9.17, 15) is 14.4 Å². The third-order valence-corrected chi connectivity index (χ3v) is 4.24. The number of aliphatic imine (C=N–C) groups is 1. The molecule has 2 aromatic rings. The smallest absolute Gasteiger partial charge is 0.288 e. The zero-order valence-corrected chi connectivity index (χ0v) is 15.5. The van der Waals surface area contributed by atoms with Gasteiger partial charge in [-0.3, -0.25) is 4.79 Å². The van der Waals surface area contributed by atoms with Crippen LogP contribution in [0, 0.1) is 28.5 Å². The number of halogens is 1. The number of anilines is 1. The van der Waals surface area contributed by atoms with Crippen LogP contribution in [0.15, 0.2) is 47.3 Å². The lowest BCUT2D eigenvalue weighted by Gasteiger charge is -2.28. The van der Waals surface area contributed by atoms with E-state index >= 15 is 0 Å². The summed E-state index contributed by atoms with van der Waals surface area (Å²) in [5.74, 6) is -0.854. The second-order valence-corrected chi connectivity index (χ2v) is 6.44. The van der Waals surface area contributed by atoms with E-state index in [0.29, 0.717) is 11.3 Å². The zero-order valence-electron chi connectivity index (χ0n) is 15.5. The molecule has 3 rings (SSSR count). The second-order valence-electron chi connectivity index (χ2n) is 6.44. The molecule has 0 aliphatic carbocycles. The van der Waals surface area contributed by atoms with Crippen molar-refractivity contribution in [3.05, 3.63) is 70.5 Å². The van der Waals surface area contributed by atoms with Crippen molar-refractivity contribution in [2.45, 2.75) is 19.4 Å². The molecular weight excluding hydrogens is 375 g/mol. The number of nitrogens with one attached hydrogen (secondary N) is 1. The number of nitrogens with zero attached hydrogens (tertiary/aromatic N) is 4. The number of nitrogens with two attached hydrogens (primary N) is 1. The van der Waals surface area contributed by atoms with Crippen LogP contribution in [0.3, 0.4) is 0 Å². The molecule has 1 amide bonds. The van der Waals surface area contributed by atoms with Gasteiger partial charge in [0.2, 0.25) is 0 Å². The van der Waals surface area contributed by atoms with Gasteiger partial charge in [0.25, 0.3) is 11.9 Å². The maximum absolute atomic E-state index is 14.8. The lowest BCUT2D eigenvalue weighted by Crippen LogP contribution is -2.30. The first kappa shape index (κ1) is 19.5. The van der Waals surface area contributed by atoms with Crippen molar-refractivity contribution in [1.82, 2.24) is 4.98 Å². The van der Waals surface area contributed by atoms with E-state index in [2.05, 4.69) is 15.3 Å². The predicted molar refractivity (Wildman–Crippen MR) is 102 cm³/mol. The Bertz CT molecular complexity index is 1120. The number of nitriles is 2. The second kappa shape index (κ2) is 7.41. The summed E-state index contributed by atoms with van der Waals surface area (Å²) < 4.78 is 19.9. The molecule has 8 nitrogen and oxygen atoms in total. The number of hydrogen-bond donors (Lipinski definition) is 2. The molecule has 3 N–H and O–H groups in total. The molecule has 0 unspecified atom stereocenters. The quantitative estimate of drug-likeness (QED) is 0.826. The SMILES string of the molecule is CC1=C[C@@](C)(c2cc(NC(=O)c3ccc(C#N)cn3)c(C#N)cc2F)N=C(N)O1. The first-order valence-electron chi connectivity index (χ1n) is 8.40. The van der Waals surface area contributed by atoms with Crippen molar-refractivity contribution in [1.29, 1.82) is 10.5 Å². The number of amidine groups is 1. The summed E-state index contributed by atoms with van der Waals surface area (Å²) in [7, 11) is 0. The monoisotopic (exact) mass is 390 g/mol. The molecule has 1 aromatic carbocycles. The summed E-state index contributed by atoms with van der Waals surface area (Å²) in [5.41, 5.74) is 4.95. The van der Waals surface area contributed by atoms with Crippen LogP contribution in [0.1, 0.15) is 41.0 Å². The van der Waals surface area contributed by atoms with Crippen LogP contribution in [0.5, 0.6) is 0 Å². The van der Waals surface area contributed by atoms with E-state index in [1.807, 2.05) is 12.1 Å². The summed E-state index contributed by atoms with van der Waals surface area (Å²) in [6, 6.07) is 8.81. The molecule has 1 aliphatic heterocycles. The molecule has 0 saturated carbocycles. The molecule has 9 heteroatoms. The minimum atomic E-state index is -1.18. The summed E-state index contributed by atoms with van der Waals surface area (Å²) in [5, 5.41) is 20.7. The van der Waals surface area contributed by atoms with Crippen molar-refractivity contribution >= 4 is 17.6 Å². The lowest BCUT2D eigenvalue weighted by atomic mass is 9.89. The molecule has 0 fully saturated rings. The number of aromatic nitrogens is 1. The van der Waals surface area contributed by atoms with Gasteiger partial charge in [-0.25, -0.2) is 14.4 Å². The van der Waals surface area contributed by atoms with Gasteiger partial charge >= 0.3 is 0 Å². The normalized spacial score (nSPS) is 17.8. The van der Waals surface area contributed by atoms with Gasteiger partial charge in [0.1, 0.15) is 34.9 Å². The van der Waals surface area contributed by atoms with Crippen LogP contribution in [0.4, 0.5) is 10.1 Å². The number of rotatable bonds is 3. The number of amides is 1. The van der Waals surface area contributed by atoms with Crippen molar-refractivity contribution in [3.63, 3.8) is 0 Å². The zero-order chi connectivity index (χ0) is 21.2. The fraction of sp³-hybridized carbons (Fsp3) is 0.150. The Kier molecular flexibility index (Phi) is 4.99. The molecule has 0 bridgehead atoms. The first-order chi connectivity index (χ1) is 13.8. The third kappa shape index (κ3) is 3.89. The van der Waals surface area contributed by atoms with Crippen LogP contribution in [-0.4, -0.2) is 16.9 Å². The highest BCUT2D eigenvalue weighted by molar-refractivity contribution is 6.03. The number of allylic oxidation sites excluding steroid dienone is 1. The van der Waals surface area contributed by atoms with Crippen molar-refractivity contribution in [2.75, 3.05) is 5.32 Å². The number of carbonyl (C=O) groups is 1. The molecule has 1 aliphatic rings. The Labute approximate surface area is 165 Å². The molecule has 1 atom stereocenters. The number of benzene rings is 1. The Balaban J connectivity index is 2.02. The van der Waals surface area contributed by atoms with Gasteiger partial charge in [-0.2, -0.15) is 10.5 Å². The minimum absolute atomic E-state index is 0.0362. The average molecular weight is 390 g/mol. The maximum Gasteiger partial charge on any atom is 0.288 e. The third-order valence-electron chi connectivity index (χ3n) is 4.24. The van der Waals surface area contributed by atoms with Gasteiger partial charge < -0.3 is 15.8 Å². The molecule has 144 valence electrons.